The molecule has 0 bridgehead atoms. The number of carbonyl (C=O) groups is 1. The van der Waals surface area contributed by atoms with Gasteiger partial charge < -0.3 is 10.0 Å². The largest absolute Gasteiger partial charge is 0.476 e. The van der Waals surface area contributed by atoms with E-state index in [-0.39, 0.29) is 5.69 Å². The van der Waals surface area contributed by atoms with Crippen molar-refractivity contribution in [2.75, 3.05) is 18.0 Å². The topological polar surface area (TPSA) is 71.2 Å². The third kappa shape index (κ3) is 3.06. The Hall–Kier alpha value is -2.37. The summed E-state index contributed by atoms with van der Waals surface area (Å²) >= 11 is 0. The van der Waals surface area contributed by atoms with E-state index in [1.54, 1.807) is 0 Å². The molecule has 122 valence electrons. The Morgan fingerprint density at radius 3 is 2.57 bits per heavy atom. The fourth-order valence-electron chi connectivity index (χ4n) is 2.91. The van der Waals surface area contributed by atoms with E-state index < -0.39 is 5.97 Å². The van der Waals surface area contributed by atoms with Crippen LogP contribution in [0.1, 0.15) is 41.4 Å². The van der Waals surface area contributed by atoms with Gasteiger partial charge in [-0.25, -0.2) is 4.79 Å². The molecule has 2 heterocycles. The van der Waals surface area contributed by atoms with Gasteiger partial charge >= 0.3 is 5.97 Å². The van der Waals surface area contributed by atoms with Crippen molar-refractivity contribution in [2.45, 2.75) is 33.6 Å². The second-order valence-corrected chi connectivity index (χ2v) is 6.43. The number of hydrogen-bond acceptors (Lipinski definition) is 4. The van der Waals surface area contributed by atoms with Crippen LogP contribution in [0.2, 0.25) is 0 Å². The highest BCUT2D eigenvalue weighted by atomic mass is 16.4. The summed E-state index contributed by atoms with van der Waals surface area (Å²) in [5, 5.41) is 18.2. The monoisotopic (exact) mass is 314 g/mol. The predicted octanol–water partition coefficient (Wildman–Crippen LogP) is 2.82. The van der Waals surface area contributed by atoms with Crippen LogP contribution in [0.25, 0.3) is 5.69 Å². The molecule has 0 unspecified atom stereocenters. The van der Waals surface area contributed by atoms with E-state index in [9.17, 15) is 9.90 Å². The summed E-state index contributed by atoms with van der Waals surface area (Å²) < 4.78 is 0. The zero-order chi connectivity index (χ0) is 16.6. The van der Waals surface area contributed by atoms with Crippen molar-refractivity contribution in [3.63, 3.8) is 0 Å². The molecule has 1 N–H and O–H groups in total. The number of piperidine rings is 1. The molecule has 2 aromatic rings. The van der Waals surface area contributed by atoms with Crippen LogP contribution in [-0.4, -0.2) is 39.2 Å². The third-order valence-corrected chi connectivity index (χ3v) is 4.46. The van der Waals surface area contributed by atoms with Gasteiger partial charge in [0.05, 0.1) is 5.69 Å². The van der Waals surface area contributed by atoms with Crippen LogP contribution in [0.15, 0.2) is 18.2 Å². The number of rotatable bonds is 3. The molecule has 0 spiro atoms. The van der Waals surface area contributed by atoms with E-state index in [1.165, 1.54) is 4.80 Å². The first-order valence-corrected chi connectivity index (χ1v) is 7.99. The standard InChI is InChI=1S/C17H22N4O2/c1-11-6-8-20(9-7-11)16-15(17(22)23)18-21(19-16)14-10-12(2)4-5-13(14)3/h4-5,10-11H,6-9H2,1-3H3,(H,22,23). The summed E-state index contributed by atoms with van der Waals surface area (Å²) in [6, 6.07) is 5.99. The average molecular weight is 314 g/mol. The van der Waals surface area contributed by atoms with Gasteiger partial charge in [-0.05, 0) is 49.8 Å². The van der Waals surface area contributed by atoms with Crippen molar-refractivity contribution in [1.82, 2.24) is 15.0 Å². The molecule has 0 radical (unpaired) electrons. The van der Waals surface area contributed by atoms with Gasteiger partial charge in [0.1, 0.15) is 0 Å². The summed E-state index contributed by atoms with van der Waals surface area (Å²) in [7, 11) is 0. The van der Waals surface area contributed by atoms with Crippen molar-refractivity contribution in [3.05, 3.63) is 35.0 Å². The zero-order valence-corrected chi connectivity index (χ0v) is 13.8. The molecule has 6 heteroatoms. The highest BCUT2D eigenvalue weighted by molar-refractivity contribution is 5.91. The van der Waals surface area contributed by atoms with Crippen molar-refractivity contribution < 1.29 is 9.90 Å². The number of carboxylic acids is 1. The summed E-state index contributed by atoms with van der Waals surface area (Å²) in [4.78, 5) is 15.1. The van der Waals surface area contributed by atoms with Gasteiger partial charge in [-0.15, -0.1) is 15.0 Å². The number of hydrogen-bond donors (Lipinski definition) is 1. The Morgan fingerprint density at radius 2 is 1.91 bits per heavy atom. The lowest BCUT2D eigenvalue weighted by molar-refractivity contribution is 0.0690. The van der Waals surface area contributed by atoms with Crippen LogP contribution >= 0.6 is 0 Å². The SMILES string of the molecule is Cc1ccc(C)c(-n2nc(C(=O)O)c(N3CCC(C)CC3)n2)c1. The van der Waals surface area contributed by atoms with Crippen molar-refractivity contribution >= 4 is 11.8 Å². The molecule has 1 aliphatic rings. The molecule has 1 aromatic carbocycles. The van der Waals surface area contributed by atoms with Crippen LogP contribution in [0, 0.1) is 19.8 Å². The first-order chi connectivity index (χ1) is 11.0. The van der Waals surface area contributed by atoms with Crippen LogP contribution in [0.3, 0.4) is 0 Å². The number of aromatic nitrogens is 3. The summed E-state index contributed by atoms with van der Waals surface area (Å²) in [5.74, 6) is 0.120. The molecule has 0 aliphatic carbocycles. The van der Waals surface area contributed by atoms with E-state index in [1.807, 2.05) is 36.9 Å². The molecule has 3 rings (SSSR count). The zero-order valence-electron chi connectivity index (χ0n) is 13.8. The minimum Gasteiger partial charge on any atom is -0.476 e. The van der Waals surface area contributed by atoms with Crippen LogP contribution in [0.4, 0.5) is 5.82 Å². The van der Waals surface area contributed by atoms with Gasteiger partial charge in [0.2, 0.25) is 5.69 Å². The molecular formula is C17H22N4O2. The van der Waals surface area contributed by atoms with Crippen molar-refractivity contribution in [2.24, 2.45) is 5.92 Å². The number of aryl methyl sites for hydroxylation is 2. The first kappa shape index (κ1) is 15.5. The summed E-state index contributed by atoms with van der Waals surface area (Å²) in [6.07, 6.45) is 2.10. The van der Waals surface area contributed by atoms with Crippen LogP contribution < -0.4 is 4.90 Å². The second kappa shape index (κ2) is 6.02. The number of nitrogens with zero attached hydrogens (tertiary/aromatic N) is 4. The molecule has 0 saturated carbocycles. The molecule has 1 saturated heterocycles. The number of anilines is 1. The van der Waals surface area contributed by atoms with Gasteiger partial charge in [0, 0.05) is 13.1 Å². The Balaban J connectivity index is 2.02. The van der Waals surface area contributed by atoms with Gasteiger partial charge in [-0.2, -0.15) is 0 Å². The van der Waals surface area contributed by atoms with Crippen LogP contribution in [-0.2, 0) is 0 Å². The van der Waals surface area contributed by atoms with Crippen LogP contribution in [0.5, 0.6) is 0 Å². The van der Waals surface area contributed by atoms with Crippen molar-refractivity contribution in [1.29, 1.82) is 0 Å². The fraction of sp³-hybridized carbons (Fsp3) is 0.471. The summed E-state index contributed by atoms with van der Waals surface area (Å²) in [6.45, 7) is 7.85. The first-order valence-electron chi connectivity index (χ1n) is 7.99. The smallest absolute Gasteiger partial charge is 0.360 e. The molecule has 23 heavy (non-hydrogen) atoms. The average Bonchev–Trinajstić information content (AvgIpc) is 2.96. The number of aromatic carboxylic acids is 1. The molecule has 1 fully saturated rings. The third-order valence-electron chi connectivity index (χ3n) is 4.46. The molecule has 0 amide bonds. The lowest BCUT2D eigenvalue weighted by Gasteiger charge is -2.30. The number of carboxylic acid groups (broad SMARTS) is 1. The molecule has 6 nitrogen and oxygen atoms in total. The van der Waals surface area contributed by atoms with Crippen molar-refractivity contribution in [3.8, 4) is 5.69 Å². The maximum Gasteiger partial charge on any atom is 0.360 e. The quantitative estimate of drug-likeness (QED) is 0.943. The van der Waals surface area contributed by atoms with E-state index in [0.717, 1.165) is 42.7 Å². The molecule has 0 atom stereocenters. The van der Waals surface area contributed by atoms with Gasteiger partial charge in [-0.3, -0.25) is 0 Å². The molecular weight excluding hydrogens is 292 g/mol. The molecule has 1 aromatic heterocycles. The van der Waals surface area contributed by atoms with E-state index in [2.05, 4.69) is 17.1 Å². The van der Waals surface area contributed by atoms with E-state index in [4.69, 9.17) is 0 Å². The molecule has 1 aliphatic heterocycles. The highest BCUT2D eigenvalue weighted by Gasteiger charge is 2.26. The van der Waals surface area contributed by atoms with Gasteiger partial charge in [-0.1, -0.05) is 19.1 Å². The predicted molar refractivity (Wildman–Crippen MR) is 88.4 cm³/mol. The lowest BCUT2D eigenvalue weighted by atomic mass is 9.99. The minimum absolute atomic E-state index is 0.0282. The number of benzene rings is 1. The van der Waals surface area contributed by atoms with Gasteiger partial charge in [0.25, 0.3) is 0 Å². The maximum absolute atomic E-state index is 11.6. The Kier molecular flexibility index (Phi) is 4.07. The Bertz CT molecular complexity index is 730. The fourth-order valence-corrected chi connectivity index (χ4v) is 2.91. The van der Waals surface area contributed by atoms with Gasteiger partial charge in [0.15, 0.2) is 5.82 Å². The summed E-state index contributed by atoms with van der Waals surface area (Å²) in [5.41, 5.74) is 2.96. The second-order valence-electron chi connectivity index (χ2n) is 6.43. The highest BCUT2D eigenvalue weighted by Crippen LogP contribution is 2.25. The lowest BCUT2D eigenvalue weighted by Crippen LogP contribution is -2.34. The van der Waals surface area contributed by atoms with E-state index in [0.29, 0.717) is 11.7 Å². The normalized spacial score (nSPS) is 15.9. The maximum atomic E-state index is 11.6. The van der Waals surface area contributed by atoms with E-state index >= 15 is 0 Å². The Labute approximate surface area is 135 Å². The minimum atomic E-state index is -1.03. The Morgan fingerprint density at radius 1 is 1.22 bits per heavy atom.